The number of anilines is 1. The number of para-hydroxylation sites is 1. The third-order valence-corrected chi connectivity index (χ3v) is 6.90. The maximum absolute atomic E-state index is 14.5. The molecule has 1 saturated heterocycles. The molecular formula is C26H19ClF4N6OS. The van der Waals surface area contributed by atoms with E-state index in [4.69, 9.17) is 11.6 Å². The van der Waals surface area contributed by atoms with E-state index in [2.05, 4.69) is 25.0 Å². The van der Waals surface area contributed by atoms with Gasteiger partial charge in [-0.25, -0.2) is 14.1 Å². The van der Waals surface area contributed by atoms with E-state index in [-0.39, 0.29) is 5.75 Å². The summed E-state index contributed by atoms with van der Waals surface area (Å²) in [6.45, 7) is 0.585. The summed E-state index contributed by atoms with van der Waals surface area (Å²) in [7, 11) is 0. The molecule has 0 aliphatic carbocycles. The number of nitrogens with zero attached hydrogens (tertiary/aromatic N) is 6. The highest BCUT2D eigenvalue weighted by atomic mass is 35.5. The van der Waals surface area contributed by atoms with Gasteiger partial charge in [-0.05, 0) is 48.4 Å². The summed E-state index contributed by atoms with van der Waals surface area (Å²) in [5.74, 6) is 0.544. The Morgan fingerprint density at radius 3 is 2.51 bits per heavy atom. The van der Waals surface area contributed by atoms with Gasteiger partial charge in [0.15, 0.2) is 11.0 Å². The number of benzene rings is 3. The van der Waals surface area contributed by atoms with Gasteiger partial charge in [-0.3, -0.25) is 0 Å². The number of hydrogen-bond acceptors (Lipinski definition) is 6. The molecule has 3 aromatic carbocycles. The predicted octanol–water partition coefficient (Wildman–Crippen LogP) is 6.96. The Hall–Kier alpha value is -3.90. The Bertz CT molecular complexity index is 1490. The topological polar surface area (TPSA) is 67.9 Å². The Morgan fingerprint density at radius 2 is 1.79 bits per heavy atom. The second-order valence-corrected chi connectivity index (χ2v) is 9.70. The van der Waals surface area contributed by atoms with E-state index in [0.29, 0.717) is 33.9 Å². The van der Waals surface area contributed by atoms with Crippen LogP contribution in [0.15, 0.2) is 83.3 Å². The lowest BCUT2D eigenvalue weighted by Gasteiger charge is -2.29. The number of hydrogen-bond donors (Lipinski definition) is 0. The van der Waals surface area contributed by atoms with Crippen molar-refractivity contribution < 1.29 is 22.3 Å². The van der Waals surface area contributed by atoms with Crippen molar-refractivity contribution in [2.24, 2.45) is 10.2 Å². The number of amidine groups is 1. The molecule has 4 aromatic rings. The summed E-state index contributed by atoms with van der Waals surface area (Å²) < 4.78 is 56.9. The Kier molecular flexibility index (Phi) is 7.84. The van der Waals surface area contributed by atoms with E-state index in [9.17, 15) is 17.6 Å². The van der Waals surface area contributed by atoms with Crippen molar-refractivity contribution in [3.05, 3.63) is 89.5 Å². The summed E-state index contributed by atoms with van der Waals surface area (Å²) in [6, 6.07) is 17.2. The normalized spacial score (nSPS) is 15.3. The largest absolute Gasteiger partial charge is 0.573 e. The first-order chi connectivity index (χ1) is 18.8. The molecule has 39 heavy (non-hydrogen) atoms. The molecule has 1 aliphatic heterocycles. The zero-order valence-corrected chi connectivity index (χ0v) is 21.6. The number of aromatic nitrogens is 3. The van der Waals surface area contributed by atoms with Crippen molar-refractivity contribution in [1.82, 2.24) is 14.8 Å². The zero-order chi connectivity index (χ0) is 27.4. The van der Waals surface area contributed by atoms with Crippen LogP contribution in [0.25, 0.3) is 17.1 Å². The summed E-state index contributed by atoms with van der Waals surface area (Å²) in [6.07, 6.45) is -0.836. The summed E-state index contributed by atoms with van der Waals surface area (Å²) >= 11 is 7.73. The van der Waals surface area contributed by atoms with Gasteiger partial charge in [0.2, 0.25) is 0 Å². The lowest BCUT2D eigenvalue weighted by molar-refractivity contribution is -0.274. The minimum atomic E-state index is -4.75. The monoisotopic (exact) mass is 574 g/mol. The van der Waals surface area contributed by atoms with Gasteiger partial charge in [0.05, 0.1) is 22.6 Å². The first kappa shape index (κ1) is 26.7. The van der Waals surface area contributed by atoms with Crippen LogP contribution in [0, 0.1) is 5.82 Å². The predicted molar refractivity (Wildman–Crippen MR) is 144 cm³/mol. The van der Waals surface area contributed by atoms with Crippen molar-refractivity contribution in [3.63, 3.8) is 0 Å². The molecule has 0 spiro atoms. The van der Waals surface area contributed by atoms with Crippen LogP contribution in [0.3, 0.4) is 0 Å². The van der Waals surface area contributed by atoms with Crippen LogP contribution in [-0.4, -0.2) is 44.8 Å². The fourth-order valence-corrected chi connectivity index (χ4v) is 4.94. The van der Waals surface area contributed by atoms with Crippen molar-refractivity contribution in [1.29, 1.82) is 0 Å². The van der Waals surface area contributed by atoms with E-state index >= 15 is 0 Å². The summed E-state index contributed by atoms with van der Waals surface area (Å²) in [5, 5.41) is 13.8. The fraction of sp³-hybridized carbons (Fsp3) is 0.154. The van der Waals surface area contributed by atoms with Gasteiger partial charge in [-0.15, -0.1) is 23.4 Å². The van der Waals surface area contributed by atoms with Crippen LogP contribution in [0.4, 0.5) is 23.2 Å². The highest BCUT2D eigenvalue weighted by molar-refractivity contribution is 8.14. The minimum absolute atomic E-state index is 0.294. The maximum Gasteiger partial charge on any atom is 0.573 e. The molecular weight excluding hydrogens is 556 g/mol. The number of rotatable bonds is 6. The Balaban J connectivity index is 1.27. The molecule has 0 unspecified atom stereocenters. The molecule has 200 valence electrons. The summed E-state index contributed by atoms with van der Waals surface area (Å²) in [4.78, 5) is 6.03. The first-order valence-corrected chi connectivity index (χ1v) is 13.0. The minimum Gasteiger partial charge on any atom is -0.406 e. The highest BCUT2D eigenvalue weighted by Gasteiger charge is 2.31. The fourth-order valence-electron chi connectivity index (χ4n) is 3.78. The van der Waals surface area contributed by atoms with E-state index in [0.717, 1.165) is 23.3 Å². The SMILES string of the molecule is Fc1cccc(Cl)c1N1CCCSC1=NN=Cc1ccc(-c2ncn(-c3ccc(OC(F)(F)F)cc3)n2)cc1. The molecule has 7 nitrogen and oxygen atoms in total. The van der Waals surface area contributed by atoms with Gasteiger partial charge in [-0.1, -0.05) is 53.7 Å². The van der Waals surface area contributed by atoms with Gasteiger partial charge >= 0.3 is 6.36 Å². The smallest absolute Gasteiger partial charge is 0.406 e. The van der Waals surface area contributed by atoms with E-state index in [1.165, 1.54) is 53.1 Å². The Morgan fingerprint density at radius 1 is 1.03 bits per heavy atom. The van der Waals surface area contributed by atoms with Crippen LogP contribution in [0.2, 0.25) is 5.02 Å². The molecule has 0 saturated carbocycles. The van der Waals surface area contributed by atoms with Crippen molar-refractivity contribution >= 4 is 40.4 Å². The molecule has 0 radical (unpaired) electrons. The second-order valence-electron chi connectivity index (χ2n) is 8.23. The lowest BCUT2D eigenvalue weighted by atomic mass is 10.1. The van der Waals surface area contributed by atoms with Crippen LogP contribution in [0.1, 0.15) is 12.0 Å². The molecule has 2 heterocycles. The van der Waals surface area contributed by atoms with Crippen molar-refractivity contribution in [2.75, 3.05) is 17.2 Å². The quantitative estimate of drug-likeness (QED) is 0.141. The molecule has 0 N–H and O–H groups in total. The standard InChI is InChI=1S/C26H19ClF4N6OS/c27-21-3-1-4-22(28)23(21)36-13-2-14-39-25(36)34-33-15-17-5-7-18(8-6-17)24-32-16-37(35-24)19-9-11-20(12-10-19)38-26(29,30)31/h1,3-12,15-16H,2,13-14H2. The summed E-state index contributed by atoms with van der Waals surface area (Å²) in [5.41, 5.74) is 2.33. The molecule has 0 amide bonds. The number of ether oxygens (including phenoxy) is 1. The third-order valence-electron chi connectivity index (χ3n) is 5.54. The lowest BCUT2D eigenvalue weighted by Crippen LogP contribution is -2.34. The molecule has 0 bridgehead atoms. The third kappa shape index (κ3) is 6.58. The van der Waals surface area contributed by atoms with Crippen molar-refractivity contribution in [3.8, 4) is 22.8 Å². The van der Waals surface area contributed by atoms with E-state index < -0.39 is 12.2 Å². The zero-order valence-electron chi connectivity index (χ0n) is 20.0. The number of thioether (sulfide) groups is 1. The van der Waals surface area contributed by atoms with Crippen LogP contribution >= 0.6 is 23.4 Å². The molecule has 1 aliphatic rings. The van der Waals surface area contributed by atoms with Gasteiger partial charge in [-0.2, -0.15) is 5.10 Å². The second kappa shape index (κ2) is 11.5. The van der Waals surface area contributed by atoms with Crippen LogP contribution in [0.5, 0.6) is 5.75 Å². The number of halogens is 5. The van der Waals surface area contributed by atoms with Gasteiger partial charge < -0.3 is 9.64 Å². The van der Waals surface area contributed by atoms with E-state index in [1.54, 1.807) is 23.2 Å². The average Bonchev–Trinajstić information content (AvgIpc) is 3.40. The van der Waals surface area contributed by atoms with Gasteiger partial charge in [0, 0.05) is 17.9 Å². The maximum atomic E-state index is 14.5. The van der Waals surface area contributed by atoms with Crippen LogP contribution < -0.4 is 9.64 Å². The Labute approximate surface area is 229 Å². The number of alkyl halides is 3. The molecule has 5 rings (SSSR count). The average molecular weight is 575 g/mol. The van der Waals surface area contributed by atoms with Crippen LogP contribution in [-0.2, 0) is 0 Å². The first-order valence-electron chi connectivity index (χ1n) is 11.6. The van der Waals surface area contributed by atoms with Gasteiger partial charge in [0.25, 0.3) is 0 Å². The molecule has 13 heteroatoms. The molecule has 1 fully saturated rings. The molecule has 1 aromatic heterocycles. The molecule has 0 atom stereocenters. The van der Waals surface area contributed by atoms with Crippen molar-refractivity contribution in [2.45, 2.75) is 12.8 Å². The van der Waals surface area contributed by atoms with E-state index in [1.807, 2.05) is 24.3 Å². The van der Waals surface area contributed by atoms with Gasteiger partial charge in [0.1, 0.15) is 17.9 Å². The highest BCUT2D eigenvalue weighted by Crippen LogP contribution is 2.33.